The van der Waals surface area contributed by atoms with Gasteiger partial charge in [0.1, 0.15) is 5.69 Å². The molecule has 4 nitrogen and oxygen atoms in total. The number of benzene rings is 1. The van der Waals surface area contributed by atoms with Crippen molar-refractivity contribution in [2.45, 2.75) is 0 Å². The molecule has 0 unspecified atom stereocenters. The van der Waals surface area contributed by atoms with Gasteiger partial charge in [-0.25, -0.2) is 0 Å². The van der Waals surface area contributed by atoms with Gasteiger partial charge in [-0.05, 0) is 12.1 Å². The van der Waals surface area contributed by atoms with Crippen LogP contribution < -0.4 is 5.73 Å². The maximum absolute atomic E-state index is 5.84. The van der Waals surface area contributed by atoms with Crippen molar-refractivity contribution in [1.29, 1.82) is 0 Å². The van der Waals surface area contributed by atoms with Crippen LogP contribution in [0.2, 0.25) is 0 Å². The van der Waals surface area contributed by atoms with Gasteiger partial charge in [0.25, 0.3) is 0 Å². The number of hydrogen-bond donors (Lipinski definition) is 1. The second-order valence-electron chi connectivity index (χ2n) is 3.85. The highest BCUT2D eigenvalue weighted by molar-refractivity contribution is 5.84. The first kappa shape index (κ1) is 10.5. The third kappa shape index (κ3) is 1.73. The van der Waals surface area contributed by atoms with Crippen LogP contribution in [0.1, 0.15) is 0 Å². The van der Waals surface area contributed by atoms with Gasteiger partial charge >= 0.3 is 0 Å². The maximum Gasteiger partial charge on any atom is 0.232 e. The zero-order valence-electron chi connectivity index (χ0n) is 9.58. The summed E-state index contributed by atoms with van der Waals surface area (Å²) in [4.78, 5) is 4.29. The third-order valence-electron chi connectivity index (χ3n) is 2.69. The van der Waals surface area contributed by atoms with Crippen LogP contribution in [-0.2, 0) is 0 Å². The molecular weight excluding hydrogens is 226 g/mol. The fourth-order valence-corrected chi connectivity index (χ4v) is 1.85. The summed E-state index contributed by atoms with van der Waals surface area (Å²) < 4.78 is 5.09. The molecular formula is C14H11N3O. The van der Waals surface area contributed by atoms with Crippen molar-refractivity contribution >= 4 is 5.88 Å². The quantitative estimate of drug-likeness (QED) is 0.744. The number of nitrogens with two attached hydrogens (primary N) is 1. The van der Waals surface area contributed by atoms with Crippen LogP contribution in [0.5, 0.6) is 0 Å². The largest absolute Gasteiger partial charge is 0.367 e. The molecule has 0 fully saturated rings. The van der Waals surface area contributed by atoms with Gasteiger partial charge < -0.3 is 10.3 Å². The molecule has 2 N–H and O–H groups in total. The van der Waals surface area contributed by atoms with Crippen LogP contribution in [0, 0.1) is 0 Å². The summed E-state index contributed by atoms with van der Waals surface area (Å²) in [6.07, 6.45) is 1.72. The lowest BCUT2D eigenvalue weighted by molar-refractivity contribution is 0.439. The normalized spacial score (nSPS) is 10.4. The minimum Gasteiger partial charge on any atom is -0.367 e. The highest BCUT2D eigenvalue weighted by Crippen LogP contribution is 2.34. The first-order chi connectivity index (χ1) is 8.86. The number of nitrogens with zero attached hydrogens (tertiary/aromatic N) is 2. The SMILES string of the molecule is Nc1onc(-c2ccccc2)c1-c1ccccn1. The number of anilines is 1. The first-order valence-electron chi connectivity index (χ1n) is 5.58. The Kier molecular flexibility index (Phi) is 2.53. The van der Waals surface area contributed by atoms with E-state index in [1.807, 2.05) is 48.5 Å². The van der Waals surface area contributed by atoms with E-state index in [1.165, 1.54) is 0 Å². The molecule has 2 heterocycles. The molecule has 4 heteroatoms. The van der Waals surface area contributed by atoms with Crippen LogP contribution in [0.3, 0.4) is 0 Å². The fourth-order valence-electron chi connectivity index (χ4n) is 1.85. The summed E-state index contributed by atoms with van der Waals surface area (Å²) in [6.45, 7) is 0. The monoisotopic (exact) mass is 237 g/mol. The molecule has 0 atom stereocenters. The number of pyridine rings is 1. The van der Waals surface area contributed by atoms with Crippen molar-refractivity contribution in [2.24, 2.45) is 0 Å². The molecule has 0 aliphatic rings. The predicted octanol–water partition coefficient (Wildman–Crippen LogP) is 2.99. The Balaban J connectivity index is 2.19. The standard InChI is InChI=1S/C14H11N3O/c15-14-12(11-8-4-5-9-16-11)13(17-18-14)10-6-2-1-3-7-10/h1-9H,15H2. The molecule has 18 heavy (non-hydrogen) atoms. The van der Waals surface area contributed by atoms with E-state index < -0.39 is 0 Å². The fraction of sp³-hybridized carbons (Fsp3) is 0. The number of hydrogen-bond acceptors (Lipinski definition) is 4. The van der Waals surface area contributed by atoms with Crippen molar-refractivity contribution in [3.05, 3.63) is 54.7 Å². The lowest BCUT2D eigenvalue weighted by atomic mass is 10.0. The zero-order valence-corrected chi connectivity index (χ0v) is 9.58. The average Bonchev–Trinajstić information content (AvgIpc) is 2.83. The number of rotatable bonds is 2. The van der Waals surface area contributed by atoms with Gasteiger partial charge in [-0.2, -0.15) is 0 Å². The Morgan fingerprint density at radius 2 is 1.72 bits per heavy atom. The minimum absolute atomic E-state index is 0.285. The van der Waals surface area contributed by atoms with E-state index >= 15 is 0 Å². The van der Waals surface area contributed by atoms with Crippen LogP contribution >= 0.6 is 0 Å². The van der Waals surface area contributed by atoms with Crippen LogP contribution in [0.25, 0.3) is 22.5 Å². The molecule has 3 rings (SSSR count). The molecule has 0 bridgehead atoms. The summed E-state index contributed by atoms with van der Waals surface area (Å²) >= 11 is 0. The van der Waals surface area contributed by atoms with E-state index in [-0.39, 0.29) is 5.88 Å². The Bertz CT molecular complexity index is 647. The number of nitrogen functional groups attached to an aromatic ring is 1. The van der Waals surface area contributed by atoms with Gasteiger partial charge in [-0.15, -0.1) is 0 Å². The van der Waals surface area contributed by atoms with Crippen LogP contribution in [0.15, 0.2) is 59.3 Å². The smallest absolute Gasteiger partial charge is 0.232 e. The highest BCUT2D eigenvalue weighted by atomic mass is 16.5. The van der Waals surface area contributed by atoms with Crippen LogP contribution in [-0.4, -0.2) is 10.1 Å². The Morgan fingerprint density at radius 1 is 0.944 bits per heavy atom. The van der Waals surface area contributed by atoms with Gasteiger partial charge in [0.2, 0.25) is 5.88 Å². The second-order valence-corrected chi connectivity index (χ2v) is 3.85. The molecule has 0 radical (unpaired) electrons. The summed E-state index contributed by atoms with van der Waals surface area (Å²) in [5, 5.41) is 4.02. The van der Waals surface area contributed by atoms with E-state index in [4.69, 9.17) is 10.3 Å². The molecule has 0 amide bonds. The maximum atomic E-state index is 5.84. The first-order valence-corrected chi connectivity index (χ1v) is 5.58. The zero-order chi connectivity index (χ0) is 12.4. The molecule has 3 aromatic rings. The molecule has 0 saturated heterocycles. The van der Waals surface area contributed by atoms with Crippen molar-refractivity contribution in [2.75, 3.05) is 5.73 Å². The van der Waals surface area contributed by atoms with Gasteiger partial charge in [0.15, 0.2) is 0 Å². The minimum atomic E-state index is 0.285. The van der Waals surface area contributed by atoms with E-state index in [0.29, 0.717) is 5.69 Å². The third-order valence-corrected chi connectivity index (χ3v) is 2.69. The van der Waals surface area contributed by atoms with E-state index in [1.54, 1.807) is 6.20 Å². The summed E-state index contributed by atoms with van der Waals surface area (Å²) in [7, 11) is 0. The molecule has 2 aromatic heterocycles. The summed E-state index contributed by atoms with van der Waals surface area (Å²) in [6, 6.07) is 15.4. The molecule has 0 aliphatic carbocycles. The van der Waals surface area contributed by atoms with Crippen molar-refractivity contribution in [3.63, 3.8) is 0 Å². The van der Waals surface area contributed by atoms with Gasteiger partial charge in [-0.1, -0.05) is 41.6 Å². The van der Waals surface area contributed by atoms with Crippen LogP contribution in [0.4, 0.5) is 5.88 Å². The Morgan fingerprint density at radius 3 is 2.44 bits per heavy atom. The van der Waals surface area contributed by atoms with Gasteiger partial charge in [-0.3, -0.25) is 4.98 Å². The summed E-state index contributed by atoms with van der Waals surface area (Å²) in [5.74, 6) is 0.285. The van der Waals surface area contributed by atoms with Gasteiger partial charge in [0.05, 0.1) is 11.3 Å². The molecule has 0 spiro atoms. The lowest BCUT2D eigenvalue weighted by Gasteiger charge is -2.01. The lowest BCUT2D eigenvalue weighted by Crippen LogP contribution is -1.89. The predicted molar refractivity (Wildman–Crippen MR) is 69.6 cm³/mol. The average molecular weight is 237 g/mol. The van der Waals surface area contributed by atoms with E-state index in [2.05, 4.69) is 10.1 Å². The van der Waals surface area contributed by atoms with Crippen molar-refractivity contribution < 1.29 is 4.52 Å². The van der Waals surface area contributed by atoms with E-state index in [0.717, 1.165) is 16.8 Å². The second kappa shape index (κ2) is 4.33. The topological polar surface area (TPSA) is 64.9 Å². The number of aromatic nitrogens is 2. The van der Waals surface area contributed by atoms with E-state index in [9.17, 15) is 0 Å². The Labute approximate surface area is 104 Å². The molecule has 0 aliphatic heterocycles. The highest BCUT2D eigenvalue weighted by Gasteiger charge is 2.17. The molecule has 1 aromatic carbocycles. The molecule has 88 valence electrons. The Hall–Kier alpha value is -2.62. The molecule has 0 saturated carbocycles. The van der Waals surface area contributed by atoms with Crippen molar-refractivity contribution in [1.82, 2.24) is 10.1 Å². The van der Waals surface area contributed by atoms with Gasteiger partial charge in [0, 0.05) is 11.8 Å². The summed E-state index contributed by atoms with van der Waals surface area (Å²) in [5.41, 5.74) is 9.01. The van der Waals surface area contributed by atoms with Crippen molar-refractivity contribution in [3.8, 4) is 22.5 Å².